The molecule has 1 rings (SSSR count). The van der Waals surface area contributed by atoms with Crippen LogP contribution in [0, 0.1) is 11.8 Å². The Labute approximate surface area is 208 Å². The maximum absolute atomic E-state index is 11.9. The van der Waals surface area contributed by atoms with Crippen LogP contribution in [0.4, 0.5) is 9.59 Å². The summed E-state index contributed by atoms with van der Waals surface area (Å²) in [5.74, 6) is 1.53. The first kappa shape index (κ1) is 30.6. The number of unbranched alkanes of at least 4 members (excludes halogenated alkanes) is 8. The zero-order valence-corrected chi connectivity index (χ0v) is 22.5. The smallest absolute Gasteiger partial charge is 0.434 e. The number of hydrogen-bond donors (Lipinski definition) is 0. The molecule has 0 unspecified atom stereocenters. The van der Waals surface area contributed by atoms with Gasteiger partial charge in [-0.15, -0.1) is 0 Å². The largest absolute Gasteiger partial charge is 0.508 e. The van der Waals surface area contributed by atoms with Gasteiger partial charge in [0.1, 0.15) is 12.2 Å². The predicted molar refractivity (Wildman–Crippen MR) is 136 cm³/mol. The van der Waals surface area contributed by atoms with E-state index < -0.39 is 12.3 Å². The second kappa shape index (κ2) is 19.8. The van der Waals surface area contributed by atoms with Crippen LogP contribution in [0.5, 0.6) is 0 Å². The molecule has 34 heavy (non-hydrogen) atoms. The van der Waals surface area contributed by atoms with Crippen LogP contribution in [-0.4, -0.2) is 37.7 Å². The highest BCUT2D eigenvalue weighted by molar-refractivity contribution is 5.60. The molecule has 1 fully saturated rings. The van der Waals surface area contributed by atoms with E-state index in [4.69, 9.17) is 18.9 Å². The lowest BCUT2D eigenvalue weighted by molar-refractivity contribution is -0.0271. The van der Waals surface area contributed by atoms with Crippen LogP contribution in [0.25, 0.3) is 0 Å². The standard InChI is InChI=1S/C28H52O6/c1-23(2)15-11-8-6-5-7-9-13-21-31-27(29)33-25-17-19-26(20-18-25)34-28(30)32-22-14-10-12-16-24(3)4/h23-26H,5-22H2,1-4H3. The molecule has 0 aromatic carbocycles. The molecule has 200 valence electrons. The molecule has 0 saturated heterocycles. The van der Waals surface area contributed by atoms with Crippen molar-refractivity contribution in [2.45, 2.75) is 143 Å². The Morgan fingerprint density at radius 1 is 0.559 bits per heavy atom. The molecule has 0 heterocycles. The molecular weight excluding hydrogens is 432 g/mol. The normalized spacial score (nSPS) is 18.2. The van der Waals surface area contributed by atoms with E-state index in [0.29, 0.717) is 38.9 Å². The Morgan fingerprint density at radius 2 is 0.882 bits per heavy atom. The molecule has 6 heteroatoms. The highest BCUT2D eigenvalue weighted by Gasteiger charge is 2.27. The van der Waals surface area contributed by atoms with Gasteiger partial charge < -0.3 is 18.9 Å². The summed E-state index contributed by atoms with van der Waals surface area (Å²) in [4.78, 5) is 23.8. The van der Waals surface area contributed by atoms with Crippen molar-refractivity contribution in [2.24, 2.45) is 11.8 Å². The number of rotatable bonds is 18. The maximum Gasteiger partial charge on any atom is 0.508 e. The monoisotopic (exact) mass is 484 g/mol. The van der Waals surface area contributed by atoms with E-state index in [2.05, 4.69) is 27.7 Å². The van der Waals surface area contributed by atoms with Crippen molar-refractivity contribution in [3.8, 4) is 0 Å². The third kappa shape index (κ3) is 17.9. The molecule has 0 amide bonds. The Kier molecular flexibility index (Phi) is 17.8. The van der Waals surface area contributed by atoms with Gasteiger partial charge in [0.05, 0.1) is 13.2 Å². The Balaban J connectivity index is 1.95. The van der Waals surface area contributed by atoms with Crippen molar-refractivity contribution in [1.82, 2.24) is 0 Å². The summed E-state index contributed by atoms with van der Waals surface area (Å²) in [6.07, 6.45) is 15.3. The number of ether oxygens (including phenoxy) is 4. The van der Waals surface area contributed by atoms with E-state index in [9.17, 15) is 9.59 Å². The van der Waals surface area contributed by atoms with E-state index >= 15 is 0 Å². The topological polar surface area (TPSA) is 71.1 Å². The number of hydrogen-bond acceptors (Lipinski definition) is 6. The lowest BCUT2D eigenvalue weighted by Gasteiger charge is -2.27. The summed E-state index contributed by atoms with van der Waals surface area (Å²) in [6, 6.07) is 0. The third-order valence-electron chi connectivity index (χ3n) is 6.44. The van der Waals surface area contributed by atoms with E-state index in [1.54, 1.807) is 0 Å². The first-order chi connectivity index (χ1) is 16.4. The fourth-order valence-electron chi connectivity index (χ4n) is 4.29. The minimum atomic E-state index is -0.580. The van der Waals surface area contributed by atoms with Gasteiger partial charge >= 0.3 is 12.3 Å². The van der Waals surface area contributed by atoms with E-state index in [-0.39, 0.29) is 12.2 Å². The van der Waals surface area contributed by atoms with Gasteiger partial charge in [-0.05, 0) is 50.4 Å². The van der Waals surface area contributed by atoms with Gasteiger partial charge in [0, 0.05) is 0 Å². The van der Waals surface area contributed by atoms with Gasteiger partial charge in [0.15, 0.2) is 0 Å². The second-order valence-corrected chi connectivity index (χ2v) is 10.7. The summed E-state index contributed by atoms with van der Waals surface area (Å²) >= 11 is 0. The van der Waals surface area contributed by atoms with Gasteiger partial charge in [0.2, 0.25) is 0 Å². The lowest BCUT2D eigenvalue weighted by Crippen LogP contribution is -2.30. The van der Waals surface area contributed by atoms with Gasteiger partial charge in [-0.25, -0.2) is 9.59 Å². The van der Waals surface area contributed by atoms with Gasteiger partial charge in [-0.2, -0.15) is 0 Å². The van der Waals surface area contributed by atoms with Crippen LogP contribution < -0.4 is 0 Å². The molecule has 6 nitrogen and oxygen atoms in total. The summed E-state index contributed by atoms with van der Waals surface area (Å²) < 4.78 is 21.2. The Morgan fingerprint density at radius 3 is 1.26 bits per heavy atom. The van der Waals surface area contributed by atoms with Crippen molar-refractivity contribution in [1.29, 1.82) is 0 Å². The average molecular weight is 485 g/mol. The Hall–Kier alpha value is -1.46. The molecule has 0 aromatic heterocycles. The summed E-state index contributed by atoms with van der Waals surface area (Å²) in [7, 11) is 0. The number of carbonyl (C=O) groups is 2. The van der Waals surface area contributed by atoms with Crippen molar-refractivity contribution in [3.63, 3.8) is 0 Å². The summed E-state index contributed by atoms with van der Waals surface area (Å²) in [5.41, 5.74) is 0. The van der Waals surface area contributed by atoms with Crippen molar-refractivity contribution in [3.05, 3.63) is 0 Å². The molecule has 0 aliphatic heterocycles. The van der Waals surface area contributed by atoms with Crippen molar-refractivity contribution >= 4 is 12.3 Å². The lowest BCUT2D eigenvalue weighted by atomic mass is 9.95. The molecule has 1 aliphatic rings. The molecule has 0 N–H and O–H groups in total. The Bertz CT molecular complexity index is 511. The minimum absolute atomic E-state index is 0.157. The molecule has 1 aliphatic carbocycles. The molecule has 0 atom stereocenters. The molecule has 1 saturated carbocycles. The zero-order chi connectivity index (χ0) is 25.0. The van der Waals surface area contributed by atoms with Crippen LogP contribution in [-0.2, 0) is 18.9 Å². The highest BCUT2D eigenvalue weighted by Crippen LogP contribution is 2.24. The predicted octanol–water partition coefficient (Wildman–Crippen LogP) is 8.60. The van der Waals surface area contributed by atoms with E-state index in [1.807, 2.05) is 0 Å². The second-order valence-electron chi connectivity index (χ2n) is 10.7. The van der Waals surface area contributed by atoms with Crippen molar-refractivity contribution < 1.29 is 28.5 Å². The molecule has 0 aromatic rings. The summed E-state index contributed by atoms with van der Waals surface area (Å²) in [6.45, 7) is 9.83. The van der Waals surface area contributed by atoms with Crippen LogP contribution >= 0.6 is 0 Å². The van der Waals surface area contributed by atoms with Crippen LogP contribution in [0.2, 0.25) is 0 Å². The van der Waals surface area contributed by atoms with Crippen LogP contribution in [0.3, 0.4) is 0 Å². The fraction of sp³-hybridized carbons (Fsp3) is 0.929. The molecule has 0 radical (unpaired) electrons. The van der Waals surface area contributed by atoms with E-state index in [0.717, 1.165) is 37.5 Å². The van der Waals surface area contributed by atoms with Crippen LogP contribution in [0.1, 0.15) is 130 Å². The maximum atomic E-state index is 11.9. The van der Waals surface area contributed by atoms with E-state index in [1.165, 1.54) is 51.4 Å². The quantitative estimate of drug-likeness (QED) is 0.143. The molecular formula is C28H52O6. The van der Waals surface area contributed by atoms with Crippen molar-refractivity contribution in [2.75, 3.05) is 13.2 Å². The summed E-state index contributed by atoms with van der Waals surface area (Å²) in [5, 5.41) is 0. The average Bonchev–Trinajstić information content (AvgIpc) is 2.78. The molecule has 0 bridgehead atoms. The fourth-order valence-corrected chi connectivity index (χ4v) is 4.29. The van der Waals surface area contributed by atoms with Gasteiger partial charge in [-0.1, -0.05) is 91.9 Å². The zero-order valence-electron chi connectivity index (χ0n) is 22.5. The van der Waals surface area contributed by atoms with Crippen LogP contribution in [0.15, 0.2) is 0 Å². The first-order valence-electron chi connectivity index (χ1n) is 14.0. The first-order valence-corrected chi connectivity index (χ1v) is 14.0. The molecule has 0 spiro atoms. The third-order valence-corrected chi connectivity index (χ3v) is 6.44. The van der Waals surface area contributed by atoms with Gasteiger partial charge in [-0.3, -0.25) is 0 Å². The number of carbonyl (C=O) groups excluding carboxylic acids is 2. The minimum Gasteiger partial charge on any atom is -0.434 e. The SMILES string of the molecule is CC(C)CCCCCCCCCOC(=O)OC1CCC(OC(=O)OCCCCCC(C)C)CC1. The highest BCUT2D eigenvalue weighted by atomic mass is 16.7. The van der Waals surface area contributed by atoms with Gasteiger partial charge in [0.25, 0.3) is 0 Å².